The third kappa shape index (κ3) is 4.16. The van der Waals surface area contributed by atoms with Crippen molar-refractivity contribution in [3.05, 3.63) is 47.7 Å². The van der Waals surface area contributed by atoms with Gasteiger partial charge in [-0.15, -0.1) is 0 Å². The fraction of sp³-hybridized carbons (Fsp3) is 0.375. The minimum atomic E-state index is 0.250. The molecule has 0 fully saturated rings. The van der Waals surface area contributed by atoms with Gasteiger partial charge in [-0.3, -0.25) is 0 Å². The highest BCUT2D eigenvalue weighted by molar-refractivity contribution is 5.30. The summed E-state index contributed by atoms with van der Waals surface area (Å²) >= 11 is 0. The molecular weight excluding hydrogens is 264 g/mol. The van der Waals surface area contributed by atoms with Gasteiger partial charge in [-0.05, 0) is 26.6 Å². The lowest BCUT2D eigenvalue weighted by Crippen LogP contribution is -2.27. The fourth-order valence-electron chi connectivity index (χ4n) is 2.12. The van der Waals surface area contributed by atoms with Crippen LogP contribution < -0.4 is 10.1 Å². The molecule has 2 aromatic rings. The van der Waals surface area contributed by atoms with Crippen LogP contribution >= 0.6 is 0 Å². The molecule has 1 N–H and O–H groups in total. The number of nitrogens with zero attached hydrogens (tertiary/aromatic N) is 3. The van der Waals surface area contributed by atoms with Gasteiger partial charge < -0.3 is 15.0 Å². The second kappa shape index (κ2) is 7.04. The summed E-state index contributed by atoms with van der Waals surface area (Å²) in [7, 11) is 5.73. The van der Waals surface area contributed by atoms with Crippen molar-refractivity contribution >= 4 is 5.95 Å². The van der Waals surface area contributed by atoms with Crippen LogP contribution in [-0.2, 0) is 0 Å². The van der Waals surface area contributed by atoms with Gasteiger partial charge >= 0.3 is 0 Å². The van der Waals surface area contributed by atoms with Gasteiger partial charge in [-0.1, -0.05) is 29.8 Å². The lowest BCUT2D eigenvalue weighted by molar-refractivity contribution is 0.311. The standard InChI is InChI=1S/C16H22N4O/c1-12-5-7-13(8-6-12)14(20(2)3)11-18-16-17-10-9-15(19-16)21-4/h5-10,14H,11H2,1-4H3,(H,17,18,19)/t14-/m1/s1. The van der Waals surface area contributed by atoms with Crippen LogP contribution in [0.5, 0.6) is 5.88 Å². The molecule has 1 atom stereocenters. The number of rotatable bonds is 6. The Hall–Kier alpha value is -2.14. The Kier molecular flexibility index (Phi) is 5.11. The van der Waals surface area contributed by atoms with Crippen molar-refractivity contribution in [3.63, 3.8) is 0 Å². The second-order valence-corrected chi connectivity index (χ2v) is 5.19. The van der Waals surface area contributed by atoms with Crippen LogP contribution in [0.1, 0.15) is 17.2 Å². The monoisotopic (exact) mass is 286 g/mol. The molecule has 21 heavy (non-hydrogen) atoms. The topological polar surface area (TPSA) is 50.3 Å². The lowest BCUT2D eigenvalue weighted by atomic mass is 10.0. The molecule has 0 bridgehead atoms. The molecule has 2 rings (SSSR count). The number of anilines is 1. The molecule has 0 aliphatic carbocycles. The Morgan fingerprint density at radius 1 is 1.19 bits per heavy atom. The zero-order chi connectivity index (χ0) is 15.2. The molecule has 0 amide bonds. The lowest BCUT2D eigenvalue weighted by Gasteiger charge is -2.25. The van der Waals surface area contributed by atoms with E-state index < -0.39 is 0 Å². The van der Waals surface area contributed by atoms with E-state index in [1.165, 1.54) is 11.1 Å². The maximum absolute atomic E-state index is 5.11. The van der Waals surface area contributed by atoms with Gasteiger partial charge in [0, 0.05) is 18.8 Å². The van der Waals surface area contributed by atoms with E-state index in [9.17, 15) is 0 Å². The predicted octanol–water partition coefficient (Wildman–Crippen LogP) is 2.51. The SMILES string of the molecule is COc1ccnc(NC[C@H](c2ccc(C)cc2)N(C)C)n1. The number of nitrogens with one attached hydrogen (secondary N) is 1. The third-order valence-electron chi connectivity index (χ3n) is 3.38. The third-order valence-corrected chi connectivity index (χ3v) is 3.38. The van der Waals surface area contributed by atoms with E-state index in [0.29, 0.717) is 11.8 Å². The minimum Gasteiger partial charge on any atom is -0.481 e. The van der Waals surface area contributed by atoms with E-state index in [2.05, 4.69) is 65.5 Å². The first-order chi connectivity index (χ1) is 10.1. The molecule has 0 radical (unpaired) electrons. The highest BCUT2D eigenvalue weighted by Crippen LogP contribution is 2.19. The summed E-state index contributed by atoms with van der Waals surface area (Å²) in [6, 6.07) is 10.6. The van der Waals surface area contributed by atoms with Crippen LogP contribution in [0.15, 0.2) is 36.5 Å². The maximum Gasteiger partial charge on any atom is 0.226 e. The summed E-state index contributed by atoms with van der Waals surface area (Å²) in [5.41, 5.74) is 2.53. The Bertz CT molecular complexity index is 569. The average Bonchev–Trinajstić information content (AvgIpc) is 2.49. The second-order valence-electron chi connectivity index (χ2n) is 5.19. The van der Waals surface area contributed by atoms with Crippen molar-refractivity contribution in [2.45, 2.75) is 13.0 Å². The highest BCUT2D eigenvalue weighted by atomic mass is 16.5. The Labute approximate surface area is 126 Å². The number of aromatic nitrogens is 2. The number of likely N-dealkylation sites (N-methyl/N-ethyl adjacent to an activating group) is 1. The smallest absolute Gasteiger partial charge is 0.226 e. The van der Waals surface area contributed by atoms with Crippen LogP contribution in [0.25, 0.3) is 0 Å². The van der Waals surface area contributed by atoms with Crippen molar-refractivity contribution in [2.75, 3.05) is 33.1 Å². The normalized spacial score (nSPS) is 12.2. The minimum absolute atomic E-state index is 0.250. The van der Waals surface area contributed by atoms with E-state index in [1.807, 2.05) is 0 Å². The van der Waals surface area contributed by atoms with Crippen LogP contribution in [0.3, 0.4) is 0 Å². The van der Waals surface area contributed by atoms with Crippen molar-refractivity contribution in [1.82, 2.24) is 14.9 Å². The number of methoxy groups -OCH3 is 1. The van der Waals surface area contributed by atoms with Crippen molar-refractivity contribution < 1.29 is 4.74 Å². The van der Waals surface area contributed by atoms with Gasteiger partial charge in [0.2, 0.25) is 11.8 Å². The predicted molar refractivity (Wildman–Crippen MR) is 84.7 cm³/mol. The van der Waals surface area contributed by atoms with Crippen molar-refractivity contribution in [3.8, 4) is 5.88 Å². The molecule has 0 saturated carbocycles. The Morgan fingerprint density at radius 3 is 2.52 bits per heavy atom. The number of hydrogen-bond acceptors (Lipinski definition) is 5. The molecule has 0 spiro atoms. The Balaban J connectivity index is 2.08. The Morgan fingerprint density at radius 2 is 1.90 bits per heavy atom. The molecule has 5 nitrogen and oxygen atoms in total. The molecular formula is C16H22N4O. The van der Waals surface area contributed by atoms with E-state index >= 15 is 0 Å². The highest BCUT2D eigenvalue weighted by Gasteiger charge is 2.14. The van der Waals surface area contributed by atoms with E-state index in [4.69, 9.17) is 4.74 Å². The molecule has 1 aromatic heterocycles. The van der Waals surface area contributed by atoms with E-state index in [1.54, 1.807) is 19.4 Å². The molecule has 1 aromatic carbocycles. The first-order valence-corrected chi connectivity index (χ1v) is 6.94. The number of ether oxygens (including phenoxy) is 1. The molecule has 5 heteroatoms. The quantitative estimate of drug-likeness (QED) is 0.884. The van der Waals surface area contributed by atoms with E-state index in [-0.39, 0.29) is 6.04 Å². The van der Waals surface area contributed by atoms with Crippen LogP contribution in [0, 0.1) is 6.92 Å². The zero-order valence-electron chi connectivity index (χ0n) is 13.0. The largest absolute Gasteiger partial charge is 0.481 e. The maximum atomic E-state index is 5.11. The summed E-state index contributed by atoms with van der Waals surface area (Å²) in [6.45, 7) is 2.82. The van der Waals surface area contributed by atoms with Gasteiger partial charge in [0.25, 0.3) is 0 Å². The summed E-state index contributed by atoms with van der Waals surface area (Å²) < 4.78 is 5.11. The molecule has 0 aliphatic rings. The first kappa shape index (κ1) is 15.3. The summed E-state index contributed by atoms with van der Waals surface area (Å²) in [5, 5.41) is 3.27. The fourth-order valence-corrected chi connectivity index (χ4v) is 2.12. The summed E-state index contributed by atoms with van der Waals surface area (Å²) in [5.74, 6) is 1.14. The average molecular weight is 286 g/mol. The van der Waals surface area contributed by atoms with Crippen molar-refractivity contribution in [2.24, 2.45) is 0 Å². The van der Waals surface area contributed by atoms with Gasteiger partial charge in [0.05, 0.1) is 13.2 Å². The van der Waals surface area contributed by atoms with Gasteiger partial charge in [-0.25, -0.2) is 4.98 Å². The van der Waals surface area contributed by atoms with Crippen LogP contribution in [0.2, 0.25) is 0 Å². The van der Waals surface area contributed by atoms with Crippen LogP contribution in [0.4, 0.5) is 5.95 Å². The number of aryl methyl sites for hydroxylation is 1. The first-order valence-electron chi connectivity index (χ1n) is 6.94. The number of benzene rings is 1. The zero-order valence-corrected chi connectivity index (χ0v) is 13.0. The van der Waals surface area contributed by atoms with Crippen molar-refractivity contribution in [1.29, 1.82) is 0 Å². The summed E-state index contributed by atoms with van der Waals surface area (Å²) in [4.78, 5) is 10.7. The number of hydrogen-bond donors (Lipinski definition) is 1. The van der Waals surface area contributed by atoms with Gasteiger partial charge in [0.1, 0.15) is 0 Å². The summed E-state index contributed by atoms with van der Waals surface area (Å²) in [6.07, 6.45) is 1.69. The molecule has 0 aliphatic heterocycles. The molecule has 1 heterocycles. The molecule has 0 saturated heterocycles. The van der Waals surface area contributed by atoms with Gasteiger partial charge in [0.15, 0.2) is 0 Å². The molecule has 0 unspecified atom stereocenters. The van der Waals surface area contributed by atoms with Gasteiger partial charge in [-0.2, -0.15) is 4.98 Å². The van der Waals surface area contributed by atoms with E-state index in [0.717, 1.165) is 6.54 Å². The molecule has 112 valence electrons. The van der Waals surface area contributed by atoms with Crippen LogP contribution in [-0.4, -0.2) is 42.6 Å².